The van der Waals surface area contributed by atoms with Crippen molar-refractivity contribution in [2.24, 2.45) is 0 Å². The zero-order valence-corrected chi connectivity index (χ0v) is 12.4. The van der Waals surface area contributed by atoms with Crippen LogP contribution in [0, 0.1) is 0 Å². The molecular formula is C15H16N2O3S. The van der Waals surface area contributed by atoms with E-state index in [-0.39, 0.29) is 11.1 Å². The van der Waals surface area contributed by atoms with E-state index in [0.29, 0.717) is 5.75 Å². The van der Waals surface area contributed by atoms with Gasteiger partial charge in [0, 0.05) is 6.26 Å². The number of rotatable bonds is 3. The lowest BCUT2D eigenvalue weighted by Crippen LogP contribution is -2.08. The quantitative estimate of drug-likeness (QED) is 0.909. The molecule has 0 amide bonds. The Labute approximate surface area is 123 Å². The number of aromatic nitrogens is 1. The predicted octanol–water partition coefficient (Wildman–Crippen LogP) is 2.29. The van der Waals surface area contributed by atoms with Gasteiger partial charge in [0.05, 0.1) is 17.9 Å². The molecule has 5 nitrogen and oxygen atoms in total. The number of phenolic OH excluding ortho intramolecular Hbond substituents is 1. The van der Waals surface area contributed by atoms with Crippen molar-refractivity contribution >= 4 is 15.5 Å². The van der Waals surface area contributed by atoms with Crippen LogP contribution in [-0.4, -0.2) is 24.8 Å². The molecular weight excluding hydrogens is 288 g/mol. The summed E-state index contributed by atoms with van der Waals surface area (Å²) in [7, 11) is -3.27. The van der Waals surface area contributed by atoms with E-state index in [2.05, 4.69) is 10.3 Å². The van der Waals surface area contributed by atoms with Gasteiger partial charge in [-0.2, -0.15) is 0 Å². The van der Waals surface area contributed by atoms with Crippen LogP contribution in [0.25, 0.3) is 0 Å². The van der Waals surface area contributed by atoms with Crippen LogP contribution < -0.4 is 5.32 Å². The van der Waals surface area contributed by atoms with Crippen LogP contribution in [0.1, 0.15) is 23.6 Å². The van der Waals surface area contributed by atoms with Crippen molar-refractivity contribution in [3.8, 4) is 5.75 Å². The fourth-order valence-corrected chi connectivity index (χ4v) is 3.23. The first-order valence-corrected chi connectivity index (χ1v) is 8.58. The summed E-state index contributed by atoms with van der Waals surface area (Å²) < 4.78 is 22.8. The van der Waals surface area contributed by atoms with E-state index in [0.717, 1.165) is 35.9 Å². The highest BCUT2D eigenvalue weighted by atomic mass is 32.2. The van der Waals surface area contributed by atoms with Gasteiger partial charge in [-0.05, 0) is 42.2 Å². The number of fused-ring (bicyclic) bond motifs is 1. The molecule has 0 saturated carbocycles. The Morgan fingerprint density at radius 2 is 2.10 bits per heavy atom. The largest absolute Gasteiger partial charge is 0.508 e. The number of benzene rings is 1. The lowest BCUT2D eigenvalue weighted by molar-refractivity contribution is 0.469. The first kappa shape index (κ1) is 13.9. The Kier molecular flexibility index (Phi) is 3.33. The number of anilines is 1. The van der Waals surface area contributed by atoms with Gasteiger partial charge in [0.25, 0.3) is 0 Å². The molecule has 2 aromatic rings. The highest BCUT2D eigenvalue weighted by Gasteiger charge is 2.24. The Balaban J connectivity index is 1.82. The number of hydrogen-bond donors (Lipinski definition) is 2. The van der Waals surface area contributed by atoms with Gasteiger partial charge in [0.2, 0.25) is 0 Å². The van der Waals surface area contributed by atoms with Gasteiger partial charge in [-0.15, -0.1) is 0 Å². The minimum atomic E-state index is -3.27. The Morgan fingerprint density at radius 1 is 1.29 bits per heavy atom. The molecule has 0 aliphatic heterocycles. The molecule has 0 bridgehead atoms. The number of sulfone groups is 1. The average molecular weight is 304 g/mol. The van der Waals surface area contributed by atoms with Gasteiger partial charge in [0.1, 0.15) is 5.75 Å². The fourth-order valence-electron chi connectivity index (χ4n) is 2.67. The average Bonchev–Trinajstić information content (AvgIpc) is 2.83. The molecule has 1 aromatic heterocycles. The molecule has 1 aliphatic rings. The molecule has 1 atom stereocenters. The number of pyridine rings is 1. The van der Waals surface area contributed by atoms with Gasteiger partial charge >= 0.3 is 0 Å². The van der Waals surface area contributed by atoms with Crippen LogP contribution >= 0.6 is 0 Å². The van der Waals surface area contributed by atoms with E-state index in [1.54, 1.807) is 12.1 Å². The van der Waals surface area contributed by atoms with Crippen LogP contribution in [0.5, 0.6) is 5.75 Å². The summed E-state index contributed by atoms with van der Waals surface area (Å²) in [5.41, 5.74) is 2.83. The lowest BCUT2D eigenvalue weighted by atomic mass is 10.1. The second-order valence-electron chi connectivity index (χ2n) is 5.24. The molecule has 6 heteroatoms. The standard InChI is InChI=1S/C15H16N2O3S/c1-21(19,20)15-8-5-10(9-16-15)17-13-7-6-12-11(13)3-2-4-14(12)18/h2-5,8-9,13,17-18H,6-7H2,1H3. The van der Waals surface area contributed by atoms with Crippen LogP contribution in [-0.2, 0) is 16.3 Å². The van der Waals surface area contributed by atoms with Gasteiger partial charge in [-0.25, -0.2) is 13.4 Å². The van der Waals surface area contributed by atoms with Crippen molar-refractivity contribution in [1.82, 2.24) is 4.98 Å². The molecule has 0 spiro atoms. The van der Waals surface area contributed by atoms with Gasteiger partial charge in [0.15, 0.2) is 14.9 Å². The minimum Gasteiger partial charge on any atom is -0.508 e. The van der Waals surface area contributed by atoms with Gasteiger partial charge in [-0.3, -0.25) is 0 Å². The summed E-state index contributed by atoms with van der Waals surface area (Å²) in [4.78, 5) is 3.97. The number of hydrogen-bond acceptors (Lipinski definition) is 5. The van der Waals surface area contributed by atoms with Crippen LogP contribution in [0.3, 0.4) is 0 Å². The third-order valence-corrected chi connectivity index (χ3v) is 4.70. The molecule has 0 fully saturated rings. The first-order chi connectivity index (χ1) is 9.95. The molecule has 1 aromatic carbocycles. The Bertz CT molecular complexity index is 770. The van der Waals surface area contributed by atoms with Crippen molar-refractivity contribution in [1.29, 1.82) is 0 Å². The minimum absolute atomic E-state index is 0.0671. The van der Waals surface area contributed by atoms with E-state index >= 15 is 0 Å². The fraction of sp³-hybridized carbons (Fsp3) is 0.267. The number of nitrogens with zero attached hydrogens (tertiary/aromatic N) is 1. The van der Waals surface area contributed by atoms with E-state index in [1.807, 2.05) is 12.1 Å². The molecule has 21 heavy (non-hydrogen) atoms. The smallest absolute Gasteiger partial charge is 0.192 e. The number of nitrogens with one attached hydrogen (secondary N) is 1. The lowest BCUT2D eigenvalue weighted by Gasteiger charge is -2.15. The maximum Gasteiger partial charge on any atom is 0.192 e. The predicted molar refractivity (Wildman–Crippen MR) is 80.1 cm³/mol. The second kappa shape index (κ2) is 5.04. The van der Waals surface area contributed by atoms with Crippen molar-refractivity contribution in [3.63, 3.8) is 0 Å². The summed E-state index contributed by atoms with van der Waals surface area (Å²) in [5.74, 6) is 0.336. The molecule has 1 unspecified atom stereocenters. The van der Waals surface area contributed by atoms with Crippen molar-refractivity contribution in [2.75, 3.05) is 11.6 Å². The van der Waals surface area contributed by atoms with Crippen molar-refractivity contribution in [3.05, 3.63) is 47.7 Å². The highest BCUT2D eigenvalue weighted by molar-refractivity contribution is 7.90. The molecule has 3 rings (SSSR count). The summed E-state index contributed by atoms with van der Waals surface area (Å²) in [5, 5.41) is 13.2. The van der Waals surface area contributed by atoms with E-state index in [1.165, 1.54) is 12.3 Å². The van der Waals surface area contributed by atoms with Crippen molar-refractivity contribution < 1.29 is 13.5 Å². The maximum atomic E-state index is 11.4. The third-order valence-electron chi connectivity index (χ3n) is 3.70. The maximum absolute atomic E-state index is 11.4. The summed E-state index contributed by atoms with van der Waals surface area (Å²) in [6.45, 7) is 0. The molecule has 1 heterocycles. The molecule has 0 saturated heterocycles. The first-order valence-electron chi connectivity index (χ1n) is 6.68. The van der Waals surface area contributed by atoms with Crippen molar-refractivity contribution in [2.45, 2.75) is 23.9 Å². The zero-order valence-electron chi connectivity index (χ0n) is 11.6. The number of phenols is 1. The summed E-state index contributed by atoms with van der Waals surface area (Å²) in [6, 6.07) is 8.85. The molecule has 110 valence electrons. The molecule has 0 radical (unpaired) electrons. The van der Waals surface area contributed by atoms with Crippen LogP contribution in [0.2, 0.25) is 0 Å². The van der Waals surface area contributed by atoms with E-state index in [4.69, 9.17) is 0 Å². The highest BCUT2D eigenvalue weighted by Crippen LogP contribution is 2.38. The van der Waals surface area contributed by atoms with E-state index < -0.39 is 9.84 Å². The third kappa shape index (κ3) is 2.71. The Hall–Kier alpha value is -2.08. The van der Waals surface area contributed by atoms with Gasteiger partial charge < -0.3 is 10.4 Å². The molecule has 1 aliphatic carbocycles. The topological polar surface area (TPSA) is 79.3 Å². The normalized spacial score (nSPS) is 17.5. The van der Waals surface area contributed by atoms with Gasteiger partial charge in [-0.1, -0.05) is 12.1 Å². The van der Waals surface area contributed by atoms with Crippen LogP contribution in [0.4, 0.5) is 5.69 Å². The van der Waals surface area contributed by atoms with E-state index in [9.17, 15) is 13.5 Å². The summed E-state index contributed by atoms with van der Waals surface area (Å²) >= 11 is 0. The molecule has 2 N–H and O–H groups in total. The Morgan fingerprint density at radius 3 is 2.76 bits per heavy atom. The summed E-state index contributed by atoms with van der Waals surface area (Å²) in [6.07, 6.45) is 4.38. The zero-order chi connectivity index (χ0) is 15.0. The van der Waals surface area contributed by atoms with Crippen LogP contribution in [0.15, 0.2) is 41.6 Å². The second-order valence-corrected chi connectivity index (χ2v) is 7.20. The monoisotopic (exact) mass is 304 g/mol. The number of aromatic hydroxyl groups is 1. The SMILES string of the molecule is CS(=O)(=O)c1ccc(NC2CCc3c(O)cccc32)cn1.